The number of carbonyl (C=O) groups excluding carboxylic acids is 1. The highest BCUT2D eigenvalue weighted by molar-refractivity contribution is 5.71. The second-order valence-electron chi connectivity index (χ2n) is 2.70. The van der Waals surface area contributed by atoms with Crippen molar-refractivity contribution < 1.29 is 9.90 Å². The maximum atomic E-state index is 10.8. The van der Waals surface area contributed by atoms with E-state index in [0.717, 1.165) is 11.6 Å². The number of nitrogens with one attached hydrogen (secondary N) is 1. The number of hydrogen-bond acceptors (Lipinski definition) is 4. The predicted molar refractivity (Wildman–Crippen MR) is 42.7 cm³/mol. The number of rotatable bonds is 2. The number of hydrazine groups is 1. The van der Waals surface area contributed by atoms with Crippen LogP contribution in [0.1, 0.15) is 6.92 Å². The van der Waals surface area contributed by atoms with Gasteiger partial charge in [0.1, 0.15) is 6.23 Å². The Kier molecular flexibility index (Phi) is 2.85. The Balaban J connectivity index is 2.58. The van der Waals surface area contributed by atoms with E-state index in [1.807, 2.05) is 0 Å². The fourth-order valence-electron chi connectivity index (χ4n) is 1.24. The van der Waals surface area contributed by atoms with Gasteiger partial charge in [-0.25, -0.2) is 9.80 Å². The van der Waals surface area contributed by atoms with Crippen LogP contribution in [0.25, 0.3) is 0 Å². The second-order valence-corrected chi connectivity index (χ2v) is 2.70. The van der Waals surface area contributed by atoms with E-state index in [9.17, 15) is 9.90 Å². The minimum absolute atomic E-state index is 0.549. The van der Waals surface area contributed by atoms with Crippen molar-refractivity contribution in [2.24, 2.45) is 5.73 Å². The average Bonchev–Trinajstić information content (AvgIpc) is 2.37. The van der Waals surface area contributed by atoms with Gasteiger partial charge in [-0.2, -0.15) is 5.01 Å². The lowest BCUT2D eigenvalue weighted by atomic mass is 10.6. The van der Waals surface area contributed by atoms with E-state index in [1.165, 1.54) is 6.92 Å². The lowest BCUT2D eigenvalue weighted by Gasteiger charge is -2.31. The van der Waals surface area contributed by atoms with E-state index < -0.39 is 12.3 Å². The predicted octanol–water partition coefficient (Wildman–Crippen LogP) is -1.52. The Morgan fingerprint density at radius 2 is 2.50 bits per heavy atom. The molecule has 1 saturated heterocycles. The number of carbonyl (C=O) groups is 1. The van der Waals surface area contributed by atoms with Crippen LogP contribution in [0.2, 0.25) is 0 Å². The molecule has 1 aliphatic heterocycles. The minimum Gasteiger partial charge on any atom is -0.372 e. The number of urea groups is 1. The van der Waals surface area contributed by atoms with Gasteiger partial charge in [0.15, 0.2) is 0 Å². The van der Waals surface area contributed by atoms with Crippen LogP contribution < -0.4 is 11.1 Å². The van der Waals surface area contributed by atoms with Crippen molar-refractivity contribution >= 4 is 6.03 Å². The molecule has 70 valence electrons. The molecular formula is C6H14N4O2. The summed E-state index contributed by atoms with van der Waals surface area (Å²) in [5.41, 5.74) is 5.08. The van der Waals surface area contributed by atoms with Crippen molar-refractivity contribution in [1.82, 2.24) is 15.3 Å². The number of primary amides is 1. The van der Waals surface area contributed by atoms with E-state index in [1.54, 1.807) is 5.01 Å². The summed E-state index contributed by atoms with van der Waals surface area (Å²) >= 11 is 0. The van der Waals surface area contributed by atoms with Gasteiger partial charge in [-0.05, 0) is 6.92 Å². The van der Waals surface area contributed by atoms with E-state index in [2.05, 4.69) is 5.32 Å². The number of aliphatic hydroxyl groups is 1. The zero-order valence-corrected chi connectivity index (χ0v) is 7.03. The maximum absolute atomic E-state index is 10.8. The van der Waals surface area contributed by atoms with Crippen LogP contribution in [0.3, 0.4) is 0 Å². The zero-order valence-electron chi connectivity index (χ0n) is 7.03. The molecule has 1 rings (SSSR count). The van der Waals surface area contributed by atoms with Gasteiger partial charge in [-0.3, -0.25) is 0 Å². The highest BCUT2D eigenvalue weighted by atomic mass is 16.3. The lowest BCUT2D eigenvalue weighted by molar-refractivity contribution is -0.0788. The summed E-state index contributed by atoms with van der Waals surface area (Å²) in [6, 6.07) is -0.631. The molecule has 0 aromatic heterocycles. The molecule has 1 heterocycles. The van der Waals surface area contributed by atoms with Gasteiger partial charge in [0.2, 0.25) is 0 Å². The minimum atomic E-state index is -0.873. The largest absolute Gasteiger partial charge is 0.372 e. The molecule has 0 saturated carbocycles. The maximum Gasteiger partial charge on any atom is 0.331 e. The molecule has 0 bridgehead atoms. The Bertz CT molecular complexity index is 167. The Morgan fingerprint density at radius 1 is 1.83 bits per heavy atom. The Labute approximate surface area is 70.9 Å². The van der Waals surface area contributed by atoms with Gasteiger partial charge in [0.05, 0.1) is 6.67 Å². The topological polar surface area (TPSA) is 81.8 Å². The molecule has 0 radical (unpaired) electrons. The third-order valence-electron chi connectivity index (χ3n) is 1.73. The highest BCUT2D eigenvalue weighted by Gasteiger charge is 2.25. The summed E-state index contributed by atoms with van der Waals surface area (Å²) in [5, 5.41) is 15.0. The van der Waals surface area contributed by atoms with Gasteiger partial charge in [-0.1, -0.05) is 0 Å². The Morgan fingerprint density at radius 3 is 2.83 bits per heavy atom. The van der Waals surface area contributed by atoms with Crippen LogP contribution >= 0.6 is 0 Å². The molecule has 1 aliphatic rings. The summed E-state index contributed by atoms with van der Waals surface area (Å²) < 4.78 is 0. The fourth-order valence-corrected chi connectivity index (χ4v) is 1.24. The SMILES string of the molecule is CC(O)N(C(N)=O)N1CCNC1. The van der Waals surface area contributed by atoms with E-state index >= 15 is 0 Å². The molecule has 12 heavy (non-hydrogen) atoms. The average molecular weight is 174 g/mol. The number of hydrogen-bond donors (Lipinski definition) is 3. The molecule has 1 atom stereocenters. The van der Waals surface area contributed by atoms with Gasteiger partial charge in [0.25, 0.3) is 0 Å². The molecule has 0 aliphatic carbocycles. The van der Waals surface area contributed by atoms with Crippen molar-refractivity contribution in [1.29, 1.82) is 0 Å². The standard InChI is InChI=1S/C6H14N4O2/c1-5(11)10(6(7)12)9-3-2-8-4-9/h5,8,11H,2-4H2,1H3,(H2,7,12). The first-order chi connectivity index (χ1) is 5.63. The molecule has 4 N–H and O–H groups in total. The second kappa shape index (κ2) is 3.70. The summed E-state index contributed by atoms with van der Waals surface area (Å²) in [4.78, 5) is 10.8. The van der Waals surface area contributed by atoms with Crippen molar-refractivity contribution in [2.75, 3.05) is 19.8 Å². The summed E-state index contributed by atoms with van der Waals surface area (Å²) in [7, 11) is 0. The first kappa shape index (κ1) is 9.24. The third kappa shape index (κ3) is 1.84. The third-order valence-corrected chi connectivity index (χ3v) is 1.73. The first-order valence-electron chi connectivity index (χ1n) is 3.85. The molecule has 0 aromatic carbocycles. The quantitative estimate of drug-likeness (QED) is 0.444. The monoisotopic (exact) mass is 174 g/mol. The molecule has 1 unspecified atom stereocenters. The number of nitrogens with two attached hydrogens (primary N) is 1. The number of aliphatic hydroxyl groups excluding tert-OH is 1. The summed E-state index contributed by atoms with van der Waals surface area (Å²) in [6.45, 7) is 3.54. The van der Waals surface area contributed by atoms with Crippen molar-refractivity contribution in [3.8, 4) is 0 Å². The van der Waals surface area contributed by atoms with Gasteiger partial charge in [0, 0.05) is 13.1 Å². The van der Waals surface area contributed by atoms with Crippen molar-refractivity contribution in [2.45, 2.75) is 13.2 Å². The fraction of sp³-hybridized carbons (Fsp3) is 0.833. The van der Waals surface area contributed by atoms with E-state index in [0.29, 0.717) is 13.2 Å². The Hall–Kier alpha value is -0.850. The molecule has 6 nitrogen and oxygen atoms in total. The van der Waals surface area contributed by atoms with Crippen LogP contribution in [0.4, 0.5) is 4.79 Å². The van der Waals surface area contributed by atoms with Gasteiger partial charge < -0.3 is 16.2 Å². The number of amides is 2. The van der Waals surface area contributed by atoms with Crippen molar-refractivity contribution in [3.05, 3.63) is 0 Å². The number of nitrogens with zero attached hydrogens (tertiary/aromatic N) is 2. The molecule has 1 fully saturated rings. The van der Waals surface area contributed by atoms with E-state index in [4.69, 9.17) is 5.73 Å². The zero-order chi connectivity index (χ0) is 9.14. The van der Waals surface area contributed by atoms with Crippen LogP contribution in [0.15, 0.2) is 0 Å². The highest BCUT2D eigenvalue weighted by Crippen LogP contribution is 2.03. The molecule has 2 amide bonds. The van der Waals surface area contributed by atoms with Crippen LogP contribution in [-0.4, -0.2) is 47.1 Å². The molecule has 0 aromatic rings. The summed E-state index contributed by atoms with van der Waals surface area (Å²) in [6.07, 6.45) is -0.873. The molecule has 6 heteroatoms. The first-order valence-corrected chi connectivity index (χ1v) is 3.85. The molecular weight excluding hydrogens is 160 g/mol. The van der Waals surface area contributed by atoms with Gasteiger partial charge in [-0.15, -0.1) is 0 Å². The smallest absolute Gasteiger partial charge is 0.331 e. The van der Waals surface area contributed by atoms with Gasteiger partial charge >= 0.3 is 6.03 Å². The summed E-state index contributed by atoms with van der Waals surface area (Å²) in [5.74, 6) is 0. The van der Waals surface area contributed by atoms with Crippen molar-refractivity contribution in [3.63, 3.8) is 0 Å². The molecule has 0 spiro atoms. The lowest BCUT2D eigenvalue weighted by Crippen LogP contribution is -2.52. The van der Waals surface area contributed by atoms with Crippen LogP contribution in [-0.2, 0) is 0 Å². The van der Waals surface area contributed by atoms with Crippen LogP contribution in [0, 0.1) is 0 Å². The van der Waals surface area contributed by atoms with Crippen LogP contribution in [0.5, 0.6) is 0 Å². The van der Waals surface area contributed by atoms with E-state index in [-0.39, 0.29) is 0 Å². The normalized spacial score (nSPS) is 20.8.